The van der Waals surface area contributed by atoms with Gasteiger partial charge in [-0.2, -0.15) is 5.10 Å². The number of ether oxygens (including phenoxy) is 2. The Morgan fingerprint density at radius 3 is 2.12 bits per heavy atom. The Balaban J connectivity index is 1.44. The van der Waals surface area contributed by atoms with Crippen molar-refractivity contribution >= 4 is 18.1 Å². The Kier molecular flexibility index (Phi) is 7.39. The number of carbonyl (C=O) groups excluding carboxylic acids is 2. The molecule has 0 saturated carbocycles. The molecular weight excluding hydrogens is 404 g/mol. The van der Waals surface area contributed by atoms with Crippen LogP contribution in [0.4, 0.5) is 0 Å². The number of rotatable bonds is 7. The molecule has 0 atom stereocenters. The number of esters is 1. The molecule has 0 saturated heterocycles. The average Bonchev–Trinajstić information content (AvgIpc) is 2.79. The van der Waals surface area contributed by atoms with Crippen LogP contribution in [0.3, 0.4) is 0 Å². The fourth-order valence-electron chi connectivity index (χ4n) is 2.77. The highest BCUT2D eigenvalue weighted by molar-refractivity contribution is 5.91. The molecule has 6 heteroatoms. The normalized spacial score (nSPS) is 11.2. The van der Waals surface area contributed by atoms with Crippen molar-refractivity contribution in [1.82, 2.24) is 5.43 Å². The highest BCUT2D eigenvalue weighted by atomic mass is 16.5. The molecule has 164 valence electrons. The second-order valence-corrected chi connectivity index (χ2v) is 8.18. The lowest BCUT2D eigenvalue weighted by molar-refractivity contribution is -0.123. The van der Waals surface area contributed by atoms with Gasteiger partial charge in [0.1, 0.15) is 11.5 Å². The van der Waals surface area contributed by atoms with E-state index in [0.29, 0.717) is 17.1 Å². The lowest BCUT2D eigenvalue weighted by Crippen LogP contribution is -2.24. The summed E-state index contributed by atoms with van der Waals surface area (Å²) in [5, 5.41) is 3.93. The van der Waals surface area contributed by atoms with E-state index in [2.05, 4.69) is 31.3 Å². The van der Waals surface area contributed by atoms with Gasteiger partial charge in [0.05, 0.1) is 11.8 Å². The molecule has 6 nitrogen and oxygen atoms in total. The van der Waals surface area contributed by atoms with Crippen molar-refractivity contribution in [2.45, 2.75) is 26.2 Å². The first-order valence-corrected chi connectivity index (χ1v) is 10.2. The summed E-state index contributed by atoms with van der Waals surface area (Å²) in [6, 6.07) is 23.2. The minimum Gasteiger partial charge on any atom is -0.484 e. The van der Waals surface area contributed by atoms with Crippen molar-refractivity contribution in [3.05, 3.63) is 95.6 Å². The predicted molar refractivity (Wildman–Crippen MR) is 124 cm³/mol. The van der Waals surface area contributed by atoms with Crippen LogP contribution >= 0.6 is 0 Å². The zero-order chi connectivity index (χ0) is 23.0. The van der Waals surface area contributed by atoms with Crippen molar-refractivity contribution < 1.29 is 19.1 Å². The molecular formula is C26H26N2O4. The smallest absolute Gasteiger partial charge is 0.343 e. The van der Waals surface area contributed by atoms with E-state index in [4.69, 9.17) is 9.47 Å². The van der Waals surface area contributed by atoms with Crippen LogP contribution < -0.4 is 14.9 Å². The standard InChI is InChI=1S/C26H26N2O4/c1-26(2,3)21-11-15-22(16-12-21)31-18-24(29)28-27-17-19-9-13-23(14-10-19)32-25(30)20-7-5-4-6-8-20/h4-17H,18H2,1-3H3,(H,28,29)/b27-17+. The van der Waals surface area contributed by atoms with Gasteiger partial charge in [0.2, 0.25) is 0 Å². The number of carbonyl (C=O) groups is 2. The predicted octanol–water partition coefficient (Wildman–Crippen LogP) is 4.73. The van der Waals surface area contributed by atoms with Gasteiger partial charge in [-0.15, -0.1) is 0 Å². The molecule has 0 aromatic heterocycles. The Hall–Kier alpha value is -3.93. The third-order valence-electron chi connectivity index (χ3n) is 4.59. The second-order valence-electron chi connectivity index (χ2n) is 8.18. The van der Waals surface area contributed by atoms with E-state index in [1.165, 1.54) is 11.8 Å². The fourth-order valence-corrected chi connectivity index (χ4v) is 2.77. The topological polar surface area (TPSA) is 77.0 Å². The van der Waals surface area contributed by atoms with Gasteiger partial charge in [0, 0.05) is 0 Å². The molecule has 0 fully saturated rings. The largest absolute Gasteiger partial charge is 0.484 e. The maximum absolute atomic E-state index is 12.1. The van der Waals surface area contributed by atoms with Crippen LogP contribution in [0.15, 0.2) is 84.0 Å². The monoisotopic (exact) mass is 430 g/mol. The van der Waals surface area contributed by atoms with Gasteiger partial charge in [-0.05, 0) is 65.1 Å². The van der Waals surface area contributed by atoms with Crippen LogP contribution in [-0.2, 0) is 10.2 Å². The Bertz CT molecular complexity index is 1070. The summed E-state index contributed by atoms with van der Waals surface area (Å²) in [5.74, 6) is 0.255. The zero-order valence-corrected chi connectivity index (χ0v) is 18.4. The molecule has 0 heterocycles. The average molecular weight is 431 g/mol. The van der Waals surface area contributed by atoms with Gasteiger partial charge in [-0.1, -0.05) is 51.1 Å². The van der Waals surface area contributed by atoms with E-state index >= 15 is 0 Å². The SMILES string of the molecule is CC(C)(C)c1ccc(OCC(=O)N/N=C/c2ccc(OC(=O)c3ccccc3)cc2)cc1. The highest BCUT2D eigenvalue weighted by Gasteiger charge is 2.13. The van der Waals surface area contributed by atoms with Gasteiger partial charge in [0.25, 0.3) is 5.91 Å². The Labute approximate surface area is 187 Å². The molecule has 3 aromatic rings. The minimum atomic E-state index is -0.424. The highest BCUT2D eigenvalue weighted by Crippen LogP contribution is 2.24. The molecule has 0 bridgehead atoms. The summed E-state index contributed by atoms with van der Waals surface area (Å²) >= 11 is 0. The summed E-state index contributed by atoms with van der Waals surface area (Å²) in [7, 11) is 0. The molecule has 3 aromatic carbocycles. The van der Waals surface area contributed by atoms with Gasteiger partial charge < -0.3 is 9.47 Å². The Morgan fingerprint density at radius 2 is 1.50 bits per heavy atom. The number of hydrogen-bond acceptors (Lipinski definition) is 5. The summed E-state index contributed by atoms with van der Waals surface area (Å²) in [5.41, 5.74) is 4.90. The van der Waals surface area contributed by atoms with Crippen molar-refractivity contribution in [3.8, 4) is 11.5 Å². The van der Waals surface area contributed by atoms with Crippen LogP contribution in [0.5, 0.6) is 11.5 Å². The van der Waals surface area contributed by atoms with Crippen LogP contribution in [0.1, 0.15) is 42.3 Å². The molecule has 0 spiro atoms. The maximum atomic E-state index is 12.1. The van der Waals surface area contributed by atoms with E-state index in [9.17, 15) is 9.59 Å². The number of hydrogen-bond donors (Lipinski definition) is 1. The molecule has 0 aliphatic rings. The van der Waals surface area contributed by atoms with E-state index in [-0.39, 0.29) is 17.9 Å². The van der Waals surface area contributed by atoms with E-state index in [0.717, 1.165) is 5.56 Å². The first-order valence-electron chi connectivity index (χ1n) is 10.2. The number of benzene rings is 3. The molecule has 1 N–H and O–H groups in total. The van der Waals surface area contributed by atoms with E-state index in [1.807, 2.05) is 30.3 Å². The quantitative estimate of drug-likeness (QED) is 0.254. The molecule has 0 unspecified atom stereocenters. The third-order valence-corrected chi connectivity index (χ3v) is 4.59. The molecule has 0 radical (unpaired) electrons. The molecule has 32 heavy (non-hydrogen) atoms. The minimum absolute atomic E-state index is 0.0619. The van der Waals surface area contributed by atoms with Crippen molar-refractivity contribution in [1.29, 1.82) is 0 Å². The lowest BCUT2D eigenvalue weighted by Gasteiger charge is -2.19. The van der Waals surface area contributed by atoms with E-state index < -0.39 is 5.97 Å². The lowest BCUT2D eigenvalue weighted by atomic mass is 9.87. The van der Waals surface area contributed by atoms with E-state index in [1.54, 1.807) is 48.5 Å². The third kappa shape index (κ3) is 6.80. The van der Waals surface area contributed by atoms with Crippen LogP contribution in [-0.4, -0.2) is 24.7 Å². The maximum Gasteiger partial charge on any atom is 0.343 e. The van der Waals surface area contributed by atoms with Crippen molar-refractivity contribution in [3.63, 3.8) is 0 Å². The van der Waals surface area contributed by atoms with Crippen molar-refractivity contribution in [2.75, 3.05) is 6.61 Å². The zero-order valence-electron chi connectivity index (χ0n) is 18.4. The summed E-state index contributed by atoms with van der Waals surface area (Å²) in [6.45, 7) is 6.28. The number of hydrazone groups is 1. The fraction of sp³-hybridized carbons (Fsp3) is 0.192. The molecule has 3 rings (SSSR count). The first kappa shape index (κ1) is 22.7. The number of nitrogens with zero attached hydrogens (tertiary/aromatic N) is 1. The van der Waals surface area contributed by atoms with Crippen molar-refractivity contribution in [2.24, 2.45) is 5.10 Å². The number of amides is 1. The first-order chi connectivity index (χ1) is 15.3. The van der Waals surface area contributed by atoms with Crippen LogP contribution in [0.2, 0.25) is 0 Å². The van der Waals surface area contributed by atoms with Gasteiger partial charge in [-0.3, -0.25) is 4.79 Å². The van der Waals surface area contributed by atoms with Crippen LogP contribution in [0.25, 0.3) is 0 Å². The van der Waals surface area contributed by atoms with Gasteiger partial charge in [0.15, 0.2) is 6.61 Å². The Morgan fingerprint density at radius 1 is 0.875 bits per heavy atom. The van der Waals surface area contributed by atoms with Crippen LogP contribution in [0, 0.1) is 0 Å². The molecule has 1 amide bonds. The van der Waals surface area contributed by atoms with Gasteiger partial charge >= 0.3 is 5.97 Å². The molecule has 0 aliphatic carbocycles. The summed E-state index contributed by atoms with van der Waals surface area (Å²) in [6.07, 6.45) is 1.50. The summed E-state index contributed by atoms with van der Waals surface area (Å²) < 4.78 is 10.8. The van der Waals surface area contributed by atoms with Gasteiger partial charge in [-0.25, -0.2) is 10.2 Å². The number of nitrogens with one attached hydrogen (secondary N) is 1. The molecule has 0 aliphatic heterocycles. The second kappa shape index (κ2) is 10.4. The summed E-state index contributed by atoms with van der Waals surface area (Å²) in [4.78, 5) is 24.0.